The quantitative estimate of drug-likeness (QED) is 0.367. The van der Waals surface area contributed by atoms with Gasteiger partial charge < -0.3 is 20.1 Å². The van der Waals surface area contributed by atoms with Crippen LogP contribution in [-0.2, 0) is 13.1 Å². The number of aliphatic imine (C=N–C) groups is 1. The maximum atomic E-state index is 5.39. The van der Waals surface area contributed by atoms with Gasteiger partial charge in [-0.1, -0.05) is 30.3 Å². The van der Waals surface area contributed by atoms with Crippen LogP contribution in [0.4, 0.5) is 0 Å². The molecule has 0 heterocycles. The van der Waals surface area contributed by atoms with Crippen LogP contribution in [0, 0.1) is 6.92 Å². The van der Waals surface area contributed by atoms with Crippen molar-refractivity contribution in [1.82, 2.24) is 10.6 Å². The normalized spacial score (nSPS) is 10.7. The van der Waals surface area contributed by atoms with E-state index >= 15 is 0 Å². The molecule has 0 fully saturated rings. The molecule has 0 aliphatic carbocycles. The van der Waals surface area contributed by atoms with Crippen molar-refractivity contribution < 1.29 is 9.47 Å². The number of para-hydroxylation sites is 1. The molecule has 6 heteroatoms. The Bertz CT molecular complexity index is 720. The number of benzene rings is 2. The van der Waals surface area contributed by atoms with Crippen LogP contribution >= 0.6 is 24.0 Å². The van der Waals surface area contributed by atoms with E-state index in [-0.39, 0.29) is 24.0 Å². The van der Waals surface area contributed by atoms with Gasteiger partial charge in [-0.05, 0) is 37.1 Å². The predicted octanol–water partition coefficient (Wildman–Crippen LogP) is 3.89. The van der Waals surface area contributed by atoms with Gasteiger partial charge in [0.2, 0.25) is 0 Å². The highest BCUT2D eigenvalue weighted by Crippen LogP contribution is 2.19. The third-order valence-corrected chi connectivity index (χ3v) is 3.86. The second-order valence-corrected chi connectivity index (χ2v) is 5.66. The van der Waals surface area contributed by atoms with E-state index in [1.165, 1.54) is 0 Å². The van der Waals surface area contributed by atoms with Gasteiger partial charge in [-0.25, -0.2) is 4.99 Å². The molecule has 0 aliphatic heterocycles. The topological polar surface area (TPSA) is 54.9 Å². The smallest absolute Gasteiger partial charge is 0.191 e. The Morgan fingerprint density at radius 2 is 1.73 bits per heavy atom. The number of rotatable bonds is 7. The molecule has 0 radical (unpaired) electrons. The van der Waals surface area contributed by atoms with Gasteiger partial charge in [0.25, 0.3) is 0 Å². The lowest BCUT2D eigenvalue weighted by molar-refractivity contribution is 0.409. The summed E-state index contributed by atoms with van der Waals surface area (Å²) in [4.78, 5) is 4.66. The van der Waals surface area contributed by atoms with E-state index in [0.29, 0.717) is 13.1 Å². The fourth-order valence-electron chi connectivity index (χ4n) is 2.58. The molecule has 0 aromatic heterocycles. The minimum absolute atomic E-state index is 0. The summed E-state index contributed by atoms with van der Waals surface area (Å²) < 4.78 is 10.7. The first-order valence-electron chi connectivity index (χ1n) is 8.45. The van der Waals surface area contributed by atoms with Gasteiger partial charge in [-0.3, -0.25) is 0 Å². The van der Waals surface area contributed by atoms with Crippen molar-refractivity contribution in [2.75, 3.05) is 20.8 Å². The van der Waals surface area contributed by atoms with Crippen molar-refractivity contribution in [2.24, 2.45) is 4.99 Å². The zero-order valence-corrected chi connectivity index (χ0v) is 18.2. The first-order chi connectivity index (χ1) is 12.2. The van der Waals surface area contributed by atoms with Crippen molar-refractivity contribution in [3.63, 3.8) is 0 Å². The van der Waals surface area contributed by atoms with Gasteiger partial charge in [-0.15, -0.1) is 24.0 Å². The number of aryl methyl sites for hydroxylation is 1. The molecular formula is C20H28IN3O2. The fourth-order valence-corrected chi connectivity index (χ4v) is 2.58. The first kappa shape index (κ1) is 22.1. The molecule has 26 heavy (non-hydrogen) atoms. The number of methoxy groups -OCH3 is 2. The van der Waals surface area contributed by atoms with E-state index < -0.39 is 0 Å². The Labute approximate surface area is 173 Å². The van der Waals surface area contributed by atoms with Crippen molar-refractivity contribution in [2.45, 2.75) is 26.9 Å². The van der Waals surface area contributed by atoms with Crippen LogP contribution in [0.1, 0.15) is 23.6 Å². The lowest BCUT2D eigenvalue weighted by Crippen LogP contribution is -2.36. The zero-order chi connectivity index (χ0) is 18.1. The maximum absolute atomic E-state index is 5.39. The number of halogens is 1. The van der Waals surface area contributed by atoms with Crippen molar-refractivity contribution >= 4 is 29.9 Å². The van der Waals surface area contributed by atoms with Gasteiger partial charge in [0.05, 0.1) is 20.8 Å². The van der Waals surface area contributed by atoms with Gasteiger partial charge in [0.1, 0.15) is 11.5 Å². The third kappa shape index (κ3) is 6.40. The molecule has 5 nitrogen and oxygen atoms in total. The standard InChI is InChI=1S/C20H27N3O2.HI/c1-5-21-20(23-14-17-8-6-7-9-19(17)25-4)22-13-16-10-11-18(24-3)15(2)12-16;/h6-12H,5,13-14H2,1-4H3,(H2,21,22,23);1H. The largest absolute Gasteiger partial charge is 0.496 e. The van der Waals surface area contributed by atoms with Crippen LogP contribution in [0.5, 0.6) is 11.5 Å². The van der Waals surface area contributed by atoms with E-state index in [4.69, 9.17) is 9.47 Å². The summed E-state index contributed by atoms with van der Waals surface area (Å²) >= 11 is 0. The van der Waals surface area contributed by atoms with Gasteiger partial charge in [0, 0.05) is 18.7 Å². The molecule has 0 saturated carbocycles. The fraction of sp³-hybridized carbons (Fsp3) is 0.350. The maximum Gasteiger partial charge on any atom is 0.191 e. The van der Waals surface area contributed by atoms with E-state index in [2.05, 4.69) is 28.6 Å². The number of hydrogen-bond acceptors (Lipinski definition) is 3. The molecule has 0 aliphatic rings. The molecule has 2 N–H and O–H groups in total. The number of nitrogens with one attached hydrogen (secondary N) is 2. The average molecular weight is 469 g/mol. The lowest BCUT2D eigenvalue weighted by Gasteiger charge is -2.13. The van der Waals surface area contributed by atoms with E-state index in [9.17, 15) is 0 Å². The van der Waals surface area contributed by atoms with Crippen LogP contribution in [-0.4, -0.2) is 26.7 Å². The van der Waals surface area contributed by atoms with Crippen molar-refractivity contribution in [1.29, 1.82) is 0 Å². The molecule has 2 aromatic rings. The average Bonchev–Trinajstić information content (AvgIpc) is 2.64. The van der Waals surface area contributed by atoms with Crippen molar-refractivity contribution in [3.8, 4) is 11.5 Å². The van der Waals surface area contributed by atoms with E-state index in [1.807, 2.05) is 43.3 Å². The minimum atomic E-state index is 0. The molecule has 142 valence electrons. The summed E-state index contributed by atoms with van der Waals surface area (Å²) in [5.74, 6) is 2.55. The SMILES string of the molecule is CCNC(=NCc1ccc(OC)c(C)c1)NCc1ccccc1OC.I. The van der Waals surface area contributed by atoms with Crippen LogP contribution < -0.4 is 20.1 Å². The summed E-state index contributed by atoms with van der Waals surface area (Å²) in [6.45, 7) is 6.15. The molecule has 2 rings (SSSR count). The molecule has 0 atom stereocenters. The molecule has 0 unspecified atom stereocenters. The van der Waals surface area contributed by atoms with E-state index in [0.717, 1.165) is 40.7 Å². The highest BCUT2D eigenvalue weighted by Gasteiger charge is 2.04. The number of guanidine groups is 1. The van der Waals surface area contributed by atoms with Gasteiger partial charge >= 0.3 is 0 Å². The third-order valence-electron chi connectivity index (χ3n) is 3.86. The Hall–Kier alpha value is -1.96. The number of nitrogens with zero attached hydrogens (tertiary/aromatic N) is 1. The molecular weight excluding hydrogens is 441 g/mol. The predicted molar refractivity (Wildman–Crippen MR) is 118 cm³/mol. The van der Waals surface area contributed by atoms with E-state index in [1.54, 1.807) is 14.2 Å². The highest BCUT2D eigenvalue weighted by molar-refractivity contribution is 14.0. The summed E-state index contributed by atoms with van der Waals surface area (Å²) in [6, 6.07) is 14.1. The lowest BCUT2D eigenvalue weighted by atomic mass is 10.1. The second-order valence-electron chi connectivity index (χ2n) is 5.66. The van der Waals surface area contributed by atoms with Gasteiger partial charge in [0.15, 0.2) is 5.96 Å². The molecule has 0 amide bonds. The Kier molecular flexibility index (Phi) is 9.87. The molecule has 0 saturated heterocycles. The van der Waals surface area contributed by atoms with Crippen LogP contribution in [0.3, 0.4) is 0 Å². The van der Waals surface area contributed by atoms with Crippen LogP contribution in [0.2, 0.25) is 0 Å². The Morgan fingerprint density at radius 1 is 1.00 bits per heavy atom. The minimum Gasteiger partial charge on any atom is -0.496 e. The summed E-state index contributed by atoms with van der Waals surface area (Å²) in [7, 11) is 3.37. The monoisotopic (exact) mass is 469 g/mol. The van der Waals surface area contributed by atoms with Gasteiger partial charge in [-0.2, -0.15) is 0 Å². The summed E-state index contributed by atoms with van der Waals surface area (Å²) in [5, 5.41) is 6.62. The number of hydrogen-bond donors (Lipinski definition) is 2. The first-order valence-corrected chi connectivity index (χ1v) is 8.45. The Morgan fingerprint density at radius 3 is 2.38 bits per heavy atom. The number of ether oxygens (including phenoxy) is 2. The Balaban J connectivity index is 0.00000338. The second kappa shape index (κ2) is 11.6. The molecule has 0 bridgehead atoms. The van der Waals surface area contributed by atoms with Crippen LogP contribution in [0.25, 0.3) is 0 Å². The van der Waals surface area contributed by atoms with Crippen molar-refractivity contribution in [3.05, 3.63) is 59.2 Å². The summed E-state index contributed by atoms with van der Waals surface area (Å²) in [6.07, 6.45) is 0. The van der Waals surface area contributed by atoms with Crippen LogP contribution in [0.15, 0.2) is 47.5 Å². The molecule has 0 spiro atoms. The highest BCUT2D eigenvalue weighted by atomic mass is 127. The molecule has 2 aromatic carbocycles. The summed E-state index contributed by atoms with van der Waals surface area (Å²) in [5.41, 5.74) is 3.35. The zero-order valence-electron chi connectivity index (χ0n) is 15.8.